The molecular formula is C28H23N3. The molecule has 5 rings (SSSR count). The van der Waals surface area contributed by atoms with Gasteiger partial charge in [0.1, 0.15) is 0 Å². The lowest BCUT2D eigenvalue weighted by Gasteiger charge is -2.20. The standard InChI is InChI=1S/C28H23N3/c29-22-11-5-18(6-12-22)26-17-21-3-1-2-4-25(21)27(19-7-13-23(30)14-8-19)28(26)20-9-15-24(31)16-10-20/h1-17H,29-31H2. The third kappa shape index (κ3) is 3.47. The highest BCUT2D eigenvalue weighted by atomic mass is 14.5. The second-order valence-corrected chi connectivity index (χ2v) is 7.76. The maximum absolute atomic E-state index is 6.00. The van der Waals surface area contributed by atoms with Crippen LogP contribution >= 0.6 is 0 Å². The lowest BCUT2D eigenvalue weighted by molar-refractivity contribution is 1.58. The SMILES string of the molecule is Nc1ccc(-c2cc3ccccc3c(-c3ccc(N)cc3)c2-c2ccc(N)cc2)cc1. The highest BCUT2D eigenvalue weighted by molar-refractivity contribution is 6.10. The molecule has 0 atom stereocenters. The normalized spacial score (nSPS) is 11.0. The highest BCUT2D eigenvalue weighted by Crippen LogP contribution is 2.45. The van der Waals surface area contributed by atoms with E-state index in [0.717, 1.165) is 44.9 Å². The second-order valence-electron chi connectivity index (χ2n) is 7.76. The molecule has 5 aromatic carbocycles. The average Bonchev–Trinajstić information content (AvgIpc) is 2.80. The van der Waals surface area contributed by atoms with Crippen LogP contribution < -0.4 is 17.2 Å². The van der Waals surface area contributed by atoms with Gasteiger partial charge in [0, 0.05) is 17.1 Å². The van der Waals surface area contributed by atoms with E-state index in [4.69, 9.17) is 17.2 Å². The van der Waals surface area contributed by atoms with E-state index in [0.29, 0.717) is 0 Å². The summed E-state index contributed by atoms with van der Waals surface area (Å²) >= 11 is 0. The van der Waals surface area contributed by atoms with E-state index in [-0.39, 0.29) is 0 Å². The molecule has 6 N–H and O–H groups in total. The maximum Gasteiger partial charge on any atom is 0.0314 e. The monoisotopic (exact) mass is 401 g/mol. The minimum atomic E-state index is 0.743. The predicted molar refractivity (Wildman–Crippen MR) is 133 cm³/mol. The van der Waals surface area contributed by atoms with Crippen LogP contribution in [-0.4, -0.2) is 0 Å². The molecule has 150 valence electrons. The van der Waals surface area contributed by atoms with Gasteiger partial charge in [0.05, 0.1) is 0 Å². The maximum atomic E-state index is 6.00. The number of anilines is 3. The number of fused-ring (bicyclic) bond motifs is 1. The third-order valence-electron chi connectivity index (χ3n) is 5.67. The molecular weight excluding hydrogens is 378 g/mol. The van der Waals surface area contributed by atoms with Crippen molar-refractivity contribution in [2.45, 2.75) is 0 Å². The average molecular weight is 402 g/mol. The van der Waals surface area contributed by atoms with Crippen LogP contribution in [0.2, 0.25) is 0 Å². The van der Waals surface area contributed by atoms with Gasteiger partial charge in [-0.25, -0.2) is 0 Å². The highest BCUT2D eigenvalue weighted by Gasteiger charge is 2.18. The van der Waals surface area contributed by atoms with E-state index in [1.54, 1.807) is 0 Å². The minimum Gasteiger partial charge on any atom is -0.399 e. The Morgan fingerprint density at radius 2 is 0.871 bits per heavy atom. The summed E-state index contributed by atoms with van der Waals surface area (Å²) in [5, 5.41) is 2.37. The molecule has 0 aliphatic carbocycles. The first kappa shape index (κ1) is 18.8. The molecule has 0 saturated heterocycles. The Bertz CT molecular complexity index is 1370. The number of hydrogen-bond donors (Lipinski definition) is 3. The van der Waals surface area contributed by atoms with Crippen LogP contribution in [0.4, 0.5) is 17.1 Å². The van der Waals surface area contributed by atoms with Gasteiger partial charge in [-0.2, -0.15) is 0 Å². The summed E-state index contributed by atoms with van der Waals surface area (Å²) in [6.45, 7) is 0. The number of hydrogen-bond acceptors (Lipinski definition) is 3. The van der Waals surface area contributed by atoms with Gasteiger partial charge in [0.25, 0.3) is 0 Å². The molecule has 31 heavy (non-hydrogen) atoms. The molecule has 0 spiro atoms. The first-order valence-electron chi connectivity index (χ1n) is 10.2. The molecule has 5 aromatic rings. The van der Waals surface area contributed by atoms with E-state index in [1.807, 2.05) is 36.4 Å². The molecule has 0 aliphatic heterocycles. The van der Waals surface area contributed by atoms with E-state index in [9.17, 15) is 0 Å². The largest absolute Gasteiger partial charge is 0.399 e. The predicted octanol–water partition coefficient (Wildman–Crippen LogP) is 6.59. The summed E-state index contributed by atoms with van der Waals surface area (Å²) in [5.74, 6) is 0. The second kappa shape index (κ2) is 7.54. The van der Waals surface area contributed by atoms with Crippen molar-refractivity contribution in [3.05, 3.63) is 103 Å². The third-order valence-corrected chi connectivity index (χ3v) is 5.67. The van der Waals surface area contributed by atoms with Crippen molar-refractivity contribution in [2.75, 3.05) is 17.2 Å². The zero-order chi connectivity index (χ0) is 21.4. The van der Waals surface area contributed by atoms with Gasteiger partial charge in [-0.05, 0) is 86.6 Å². The van der Waals surface area contributed by atoms with E-state index < -0.39 is 0 Å². The Hall–Kier alpha value is -4.24. The summed E-state index contributed by atoms with van der Waals surface area (Å²) in [7, 11) is 0. The summed E-state index contributed by atoms with van der Waals surface area (Å²) < 4.78 is 0. The first-order chi connectivity index (χ1) is 15.1. The van der Waals surface area contributed by atoms with Gasteiger partial charge in [0.2, 0.25) is 0 Å². The van der Waals surface area contributed by atoms with E-state index in [1.165, 1.54) is 16.3 Å². The lowest BCUT2D eigenvalue weighted by Crippen LogP contribution is -1.94. The zero-order valence-electron chi connectivity index (χ0n) is 17.0. The molecule has 0 radical (unpaired) electrons. The summed E-state index contributed by atoms with van der Waals surface area (Å²) in [4.78, 5) is 0. The Labute approximate surface area is 181 Å². The van der Waals surface area contributed by atoms with Crippen LogP contribution in [0.15, 0.2) is 103 Å². The van der Waals surface area contributed by atoms with Crippen LogP contribution in [0.5, 0.6) is 0 Å². The van der Waals surface area contributed by atoms with Crippen molar-refractivity contribution >= 4 is 27.8 Å². The van der Waals surface area contributed by atoms with Gasteiger partial charge in [-0.1, -0.05) is 60.7 Å². The van der Waals surface area contributed by atoms with E-state index in [2.05, 4.69) is 66.7 Å². The fourth-order valence-electron chi connectivity index (χ4n) is 4.14. The van der Waals surface area contributed by atoms with Gasteiger partial charge in [0.15, 0.2) is 0 Å². The molecule has 0 aliphatic rings. The van der Waals surface area contributed by atoms with Crippen LogP contribution in [0.3, 0.4) is 0 Å². The van der Waals surface area contributed by atoms with Gasteiger partial charge >= 0.3 is 0 Å². The molecule has 3 nitrogen and oxygen atoms in total. The quantitative estimate of drug-likeness (QED) is 0.299. The number of nitrogen functional groups attached to an aromatic ring is 3. The van der Waals surface area contributed by atoms with Crippen LogP contribution in [0, 0.1) is 0 Å². The Balaban J connectivity index is 1.93. The number of benzene rings is 5. The van der Waals surface area contributed by atoms with Crippen molar-refractivity contribution < 1.29 is 0 Å². The summed E-state index contributed by atoms with van der Waals surface area (Å²) in [5.41, 5.74) is 27.0. The smallest absolute Gasteiger partial charge is 0.0314 e. The molecule has 0 fully saturated rings. The molecule has 0 aromatic heterocycles. The van der Waals surface area contributed by atoms with Gasteiger partial charge in [-0.15, -0.1) is 0 Å². The van der Waals surface area contributed by atoms with Crippen LogP contribution in [0.25, 0.3) is 44.2 Å². The molecule has 0 bridgehead atoms. The molecule has 3 heteroatoms. The molecule has 0 unspecified atom stereocenters. The molecule has 0 amide bonds. The van der Waals surface area contributed by atoms with Crippen molar-refractivity contribution in [2.24, 2.45) is 0 Å². The lowest BCUT2D eigenvalue weighted by atomic mass is 9.84. The number of rotatable bonds is 3. The Kier molecular flexibility index (Phi) is 4.57. The summed E-state index contributed by atoms with van der Waals surface area (Å²) in [6.07, 6.45) is 0. The number of nitrogens with two attached hydrogens (primary N) is 3. The van der Waals surface area contributed by atoms with E-state index >= 15 is 0 Å². The Morgan fingerprint density at radius 3 is 1.42 bits per heavy atom. The van der Waals surface area contributed by atoms with Crippen molar-refractivity contribution in [1.82, 2.24) is 0 Å². The zero-order valence-corrected chi connectivity index (χ0v) is 17.0. The summed E-state index contributed by atoms with van der Waals surface area (Å²) in [6, 6.07) is 34.9. The molecule has 0 heterocycles. The van der Waals surface area contributed by atoms with Crippen molar-refractivity contribution in [3.63, 3.8) is 0 Å². The van der Waals surface area contributed by atoms with Crippen LogP contribution in [0.1, 0.15) is 0 Å². The van der Waals surface area contributed by atoms with Crippen molar-refractivity contribution in [1.29, 1.82) is 0 Å². The molecule has 0 saturated carbocycles. The first-order valence-corrected chi connectivity index (χ1v) is 10.2. The fraction of sp³-hybridized carbons (Fsp3) is 0. The topological polar surface area (TPSA) is 78.1 Å². The van der Waals surface area contributed by atoms with Gasteiger partial charge in [-0.3, -0.25) is 0 Å². The Morgan fingerprint density at radius 1 is 0.419 bits per heavy atom. The van der Waals surface area contributed by atoms with Gasteiger partial charge < -0.3 is 17.2 Å². The van der Waals surface area contributed by atoms with Crippen molar-refractivity contribution in [3.8, 4) is 33.4 Å². The van der Waals surface area contributed by atoms with Crippen LogP contribution in [-0.2, 0) is 0 Å². The fourth-order valence-corrected chi connectivity index (χ4v) is 4.14. The minimum absolute atomic E-state index is 0.743.